The van der Waals surface area contributed by atoms with Crippen LogP contribution < -0.4 is 14.8 Å². The number of aromatic nitrogens is 2. The Balaban J connectivity index is 1.67. The normalized spacial score (nSPS) is 12.0. The fourth-order valence-corrected chi connectivity index (χ4v) is 4.33. The van der Waals surface area contributed by atoms with Gasteiger partial charge in [0.15, 0.2) is 11.5 Å². The largest absolute Gasteiger partial charge is 0.493 e. The molecule has 0 saturated heterocycles. The molecule has 0 aliphatic carbocycles. The molecule has 7 heteroatoms. The summed E-state index contributed by atoms with van der Waals surface area (Å²) < 4.78 is 12.6. The van der Waals surface area contributed by atoms with Gasteiger partial charge >= 0.3 is 0 Å². The molecular weight excluding hydrogens is 386 g/mol. The van der Waals surface area contributed by atoms with Crippen molar-refractivity contribution in [1.82, 2.24) is 14.9 Å². The number of nitrogens with zero attached hydrogens (tertiary/aromatic N) is 2. The van der Waals surface area contributed by atoms with E-state index in [1.807, 2.05) is 66.3 Å². The third-order valence-corrected chi connectivity index (χ3v) is 5.87. The topological polar surface area (TPSA) is 65.4 Å². The first kappa shape index (κ1) is 19.0. The highest BCUT2D eigenvalue weighted by molar-refractivity contribution is 7.21. The zero-order valence-electron chi connectivity index (χ0n) is 16.4. The Labute approximate surface area is 172 Å². The van der Waals surface area contributed by atoms with Crippen LogP contribution in [-0.4, -0.2) is 29.7 Å². The maximum atomic E-state index is 13.2. The van der Waals surface area contributed by atoms with Crippen LogP contribution in [0.2, 0.25) is 0 Å². The van der Waals surface area contributed by atoms with Gasteiger partial charge in [-0.05, 0) is 48.9 Å². The van der Waals surface area contributed by atoms with E-state index in [1.165, 1.54) is 11.3 Å². The quantitative estimate of drug-likeness (QED) is 0.507. The van der Waals surface area contributed by atoms with Gasteiger partial charge in [-0.15, -0.1) is 11.3 Å². The molecule has 4 rings (SSSR count). The number of amides is 1. The zero-order valence-corrected chi connectivity index (χ0v) is 17.2. The van der Waals surface area contributed by atoms with Gasteiger partial charge in [-0.25, -0.2) is 4.98 Å². The Hall–Kier alpha value is -3.32. The van der Waals surface area contributed by atoms with Crippen molar-refractivity contribution >= 4 is 27.5 Å². The molecule has 1 N–H and O–H groups in total. The summed E-state index contributed by atoms with van der Waals surface area (Å²) in [6, 6.07) is 13.2. The number of nitrogens with one attached hydrogen (secondary N) is 1. The minimum absolute atomic E-state index is 0.140. The first-order chi connectivity index (χ1) is 14.1. The van der Waals surface area contributed by atoms with Gasteiger partial charge < -0.3 is 19.4 Å². The second kappa shape index (κ2) is 7.97. The van der Waals surface area contributed by atoms with Gasteiger partial charge in [0.1, 0.15) is 9.71 Å². The van der Waals surface area contributed by atoms with E-state index in [9.17, 15) is 4.79 Å². The number of fused-ring (bicyclic) bond motifs is 1. The molecule has 4 aromatic rings. The van der Waals surface area contributed by atoms with Crippen LogP contribution >= 0.6 is 11.3 Å². The summed E-state index contributed by atoms with van der Waals surface area (Å²) in [6.07, 6.45) is 5.61. The summed E-state index contributed by atoms with van der Waals surface area (Å²) in [7, 11) is 3.19. The molecule has 0 aliphatic rings. The predicted octanol–water partition coefficient (Wildman–Crippen LogP) is 4.60. The molecule has 3 heterocycles. The molecule has 29 heavy (non-hydrogen) atoms. The number of rotatable bonds is 6. The summed E-state index contributed by atoms with van der Waals surface area (Å²) in [5.74, 6) is 1.14. The number of hydrogen-bond donors (Lipinski definition) is 1. The molecule has 148 valence electrons. The van der Waals surface area contributed by atoms with Crippen molar-refractivity contribution in [3.63, 3.8) is 0 Å². The van der Waals surface area contributed by atoms with Crippen LogP contribution in [0.1, 0.15) is 28.2 Å². The second-order valence-electron chi connectivity index (χ2n) is 6.54. The van der Waals surface area contributed by atoms with Crippen molar-refractivity contribution in [3.05, 3.63) is 71.5 Å². The predicted molar refractivity (Wildman–Crippen MR) is 114 cm³/mol. The summed E-state index contributed by atoms with van der Waals surface area (Å²) in [4.78, 5) is 19.1. The highest BCUT2D eigenvalue weighted by Gasteiger charge is 2.22. The zero-order chi connectivity index (χ0) is 20.4. The van der Waals surface area contributed by atoms with Gasteiger partial charge in [0.2, 0.25) is 0 Å². The van der Waals surface area contributed by atoms with Gasteiger partial charge in [0, 0.05) is 24.0 Å². The molecule has 1 aromatic carbocycles. The molecule has 0 fully saturated rings. The number of carbonyl (C=O) groups is 1. The minimum atomic E-state index is -0.210. The third kappa shape index (κ3) is 3.56. The van der Waals surface area contributed by atoms with E-state index in [1.54, 1.807) is 20.4 Å². The average Bonchev–Trinajstić information content (AvgIpc) is 3.40. The smallest absolute Gasteiger partial charge is 0.264 e. The molecule has 1 atom stereocenters. The van der Waals surface area contributed by atoms with Crippen LogP contribution in [0, 0.1) is 0 Å². The Morgan fingerprint density at radius 1 is 1.10 bits per heavy atom. The van der Waals surface area contributed by atoms with Crippen molar-refractivity contribution in [2.24, 2.45) is 0 Å². The first-order valence-corrected chi connectivity index (χ1v) is 9.97. The van der Waals surface area contributed by atoms with E-state index in [4.69, 9.17) is 9.47 Å². The highest BCUT2D eigenvalue weighted by atomic mass is 32.1. The standard InChI is InChI=1S/C22H21N3O3S/c1-14(15-8-9-17(27-2)18(13-15)28-3)24-21(26)20-19(25-11-4-5-12-25)16-7-6-10-23-22(16)29-20/h4-14H,1-3H3,(H,24,26)/t14-/m0/s1. The van der Waals surface area contributed by atoms with Crippen LogP contribution in [0.5, 0.6) is 11.5 Å². The maximum Gasteiger partial charge on any atom is 0.264 e. The van der Waals surface area contributed by atoms with Crippen LogP contribution in [-0.2, 0) is 0 Å². The minimum Gasteiger partial charge on any atom is -0.493 e. The molecule has 0 aliphatic heterocycles. The fourth-order valence-electron chi connectivity index (χ4n) is 3.28. The van der Waals surface area contributed by atoms with Crippen molar-refractivity contribution < 1.29 is 14.3 Å². The molecule has 0 saturated carbocycles. The number of benzene rings is 1. The van der Waals surface area contributed by atoms with Crippen molar-refractivity contribution in [2.45, 2.75) is 13.0 Å². The molecule has 0 radical (unpaired) electrons. The van der Waals surface area contributed by atoms with Crippen molar-refractivity contribution in [2.75, 3.05) is 14.2 Å². The van der Waals surface area contributed by atoms with Gasteiger partial charge in [-0.2, -0.15) is 0 Å². The van der Waals surface area contributed by atoms with E-state index < -0.39 is 0 Å². The monoisotopic (exact) mass is 407 g/mol. The van der Waals surface area contributed by atoms with Crippen LogP contribution in [0.3, 0.4) is 0 Å². The maximum absolute atomic E-state index is 13.2. The SMILES string of the molecule is COc1ccc([C@H](C)NC(=O)c2sc3ncccc3c2-n2cccc2)cc1OC. The molecule has 6 nitrogen and oxygen atoms in total. The third-order valence-electron chi connectivity index (χ3n) is 4.76. The van der Waals surface area contributed by atoms with Crippen LogP contribution in [0.25, 0.3) is 15.9 Å². The first-order valence-electron chi connectivity index (χ1n) is 9.16. The summed E-state index contributed by atoms with van der Waals surface area (Å²) in [5, 5.41) is 4.05. The Kier molecular flexibility index (Phi) is 5.22. The Bertz CT molecular complexity index is 1150. The lowest BCUT2D eigenvalue weighted by Crippen LogP contribution is -2.26. The lowest BCUT2D eigenvalue weighted by Gasteiger charge is -2.17. The van der Waals surface area contributed by atoms with E-state index in [-0.39, 0.29) is 11.9 Å². The van der Waals surface area contributed by atoms with Gasteiger partial charge in [-0.3, -0.25) is 4.79 Å². The Morgan fingerprint density at radius 3 is 2.59 bits per heavy atom. The number of thiophene rings is 1. The number of hydrogen-bond acceptors (Lipinski definition) is 5. The number of pyridine rings is 1. The molecular formula is C22H21N3O3S. The van der Waals surface area contributed by atoms with E-state index in [0.29, 0.717) is 16.4 Å². The van der Waals surface area contributed by atoms with E-state index >= 15 is 0 Å². The summed E-state index contributed by atoms with van der Waals surface area (Å²) >= 11 is 1.39. The van der Waals surface area contributed by atoms with Crippen molar-refractivity contribution in [1.29, 1.82) is 0 Å². The Morgan fingerprint density at radius 2 is 1.86 bits per heavy atom. The van der Waals surface area contributed by atoms with Gasteiger partial charge in [0.05, 0.1) is 25.9 Å². The molecule has 1 amide bonds. The van der Waals surface area contributed by atoms with E-state index in [2.05, 4.69) is 10.3 Å². The summed E-state index contributed by atoms with van der Waals surface area (Å²) in [6.45, 7) is 1.94. The number of methoxy groups -OCH3 is 2. The number of ether oxygens (including phenoxy) is 2. The van der Waals surface area contributed by atoms with Gasteiger partial charge in [0.25, 0.3) is 5.91 Å². The van der Waals surface area contributed by atoms with Crippen LogP contribution in [0.15, 0.2) is 61.1 Å². The van der Waals surface area contributed by atoms with Gasteiger partial charge in [-0.1, -0.05) is 6.07 Å². The number of carbonyl (C=O) groups excluding carboxylic acids is 1. The second-order valence-corrected chi connectivity index (χ2v) is 7.53. The molecule has 0 bridgehead atoms. The molecule has 3 aromatic heterocycles. The summed E-state index contributed by atoms with van der Waals surface area (Å²) in [5.41, 5.74) is 1.78. The lowest BCUT2D eigenvalue weighted by atomic mass is 10.1. The fraction of sp³-hybridized carbons (Fsp3) is 0.182. The van der Waals surface area contributed by atoms with Crippen molar-refractivity contribution in [3.8, 4) is 17.2 Å². The lowest BCUT2D eigenvalue weighted by molar-refractivity contribution is 0.0944. The molecule has 0 spiro atoms. The highest BCUT2D eigenvalue weighted by Crippen LogP contribution is 2.34. The molecule has 0 unspecified atom stereocenters. The van der Waals surface area contributed by atoms with E-state index in [0.717, 1.165) is 21.5 Å². The average molecular weight is 407 g/mol. The van der Waals surface area contributed by atoms with Crippen LogP contribution in [0.4, 0.5) is 0 Å².